The van der Waals surface area contributed by atoms with Gasteiger partial charge >= 0.3 is 11.6 Å². The molecule has 7 heterocycles. The summed E-state index contributed by atoms with van der Waals surface area (Å²) in [6.07, 6.45) is 6.49. The summed E-state index contributed by atoms with van der Waals surface area (Å²) in [5.74, 6) is 0.174. The van der Waals surface area contributed by atoms with Crippen molar-refractivity contribution in [1.82, 2.24) is 39.4 Å². The normalized spacial score (nSPS) is 17.9. The molecule has 15 nitrogen and oxygen atoms in total. The third-order valence-corrected chi connectivity index (χ3v) is 13.8. The summed E-state index contributed by atoms with van der Waals surface area (Å²) >= 11 is 0. The minimum Gasteiger partial charge on any atom is -0.468 e. The Morgan fingerprint density at radius 1 is 1.10 bits per heavy atom. The minimum atomic E-state index is -1.28. The molecule has 0 bridgehead atoms. The van der Waals surface area contributed by atoms with Gasteiger partial charge in [0.05, 0.1) is 17.3 Å². The number of benzene rings is 2. The maximum atomic E-state index is 16.0. The molecule has 2 aromatic carbocycles. The summed E-state index contributed by atoms with van der Waals surface area (Å²) < 4.78 is 64.2. The van der Waals surface area contributed by atoms with Crippen LogP contribution in [-0.2, 0) is 29.8 Å². The Hall–Kier alpha value is -5.82. The van der Waals surface area contributed by atoms with Crippen LogP contribution in [0.1, 0.15) is 30.4 Å². The monoisotopic (exact) mass is 879 g/mol. The Morgan fingerprint density at radius 2 is 1.95 bits per heavy atom. The fraction of sp³-hybridized carbons (Fsp3) is 0.422. The standard InChI is InChI=1S/C45H51F2N9O6Si/c1-27-39-38(43(57)62-40(27)33-18-31(61-26-58-3)17-28-10-11-34(47)37(36(28)33)35-23-54(2)53-52-35)41(51-44(50-39)60-24-45-12-8-14-56(45)22-30(46)19-45)49-20-29-21-55(25-59-15-16-63(4,5)6)42-32(29)9-7-13-48-42/h7,9-11,13,17-18,21,23,30H,8,12,14-16,19-20,22,24-26H2,1-6H3,(H,49,50,51)/t30-,45+/m1/s1. The third kappa shape index (κ3) is 8.39. The first-order valence-electron chi connectivity index (χ1n) is 21.2. The maximum Gasteiger partial charge on any atom is 0.349 e. The second kappa shape index (κ2) is 17.0. The molecule has 0 saturated carbocycles. The molecule has 0 spiro atoms. The van der Waals surface area contributed by atoms with Gasteiger partial charge in [0, 0.05) is 88.2 Å². The van der Waals surface area contributed by atoms with Gasteiger partial charge in [0.15, 0.2) is 6.79 Å². The number of nitrogens with one attached hydrogen (secondary N) is 1. The SMILES string of the molecule is COCOc1cc(-c2oc(=O)c3c(NCc4cn(COCC[Si](C)(C)C)c5ncccc45)nc(OC[C@@]45CCCN4C[C@H](F)C5)nc3c2C)c2c(-c3cn(C)nn3)c(F)ccc2c1. The van der Waals surface area contributed by atoms with Crippen molar-refractivity contribution < 1.29 is 32.1 Å². The molecule has 0 aliphatic carbocycles. The van der Waals surface area contributed by atoms with E-state index in [-0.39, 0.29) is 59.7 Å². The van der Waals surface area contributed by atoms with Gasteiger partial charge in [0.25, 0.3) is 0 Å². The van der Waals surface area contributed by atoms with Crippen LogP contribution in [0.25, 0.3) is 55.3 Å². The summed E-state index contributed by atoms with van der Waals surface area (Å²) in [6, 6.07) is 11.3. The fourth-order valence-corrected chi connectivity index (χ4v) is 9.76. The number of aryl methyl sites for hydroxylation is 2. The smallest absolute Gasteiger partial charge is 0.349 e. The second-order valence-corrected chi connectivity index (χ2v) is 23.4. The average molecular weight is 880 g/mol. The summed E-state index contributed by atoms with van der Waals surface area (Å²) in [7, 11) is 1.92. The van der Waals surface area contributed by atoms with E-state index in [4.69, 9.17) is 33.3 Å². The first kappa shape index (κ1) is 42.5. The van der Waals surface area contributed by atoms with Gasteiger partial charge in [0.1, 0.15) is 59.4 Å². The zero-order chi connectivity index (χ0) is 44.0. The Balaban J connectivity index is 1.16. The number of hydrogen-bond donors (Lipinski definition) is 1. The Morgan fingerprint density at radius 3 is 2.75 bits per heavy atom. The molecule has 330 valence electrons. The largest absolute Gasteiger partial charge is 0.468 e. The van der Waals surface area contributed by atoms with Crippen LogP contribution in [0.15, 0.2) is 64.2 Å². The van der Waals surface area contributed by atoms with E-state index in [0.29, 0.717) is 54.0 Å². The van der Waals surface area contributed by atoms with Crippen molar-refractivity contribution in [3.05, 3.63) is 82.4 Å². The van der Waals surface area contributed by atoms with Gasteiger partial charge in [-0.25, -0.2) is 18.6 Å². The highest BCUT2D eigenvalue weighted by molar-refractivity contribution is 6.76. The molecule has 2 saturated heterocycles. The zero-order valence-electron chi connectivity index (χ0n) is 36.3. The number of methoxy groups -OCH3 is 1. The molecular weight excluding hydrogens is 829 g/mol. The van der Waals surface area contributed by atoms with Crippen LogP contribution in [0.3, 0.4) is 0 Å². The highest BCUT2D eigenvalue weighted by Crippen LogP contribution is 2.43. The molecule has 2 aliphatic heterocycles. The van der Waals surface area contributed by atoms with E-state index in [1.807, 2.05) is 22.9 Å². The van der Waals surface area contributed by atoms with E-state index in [2.05, 4.69) is 45.2 Å². The number of anilines is 1. The van der Waals surface area contributed by atoms with Crippen LogP contribution >= 0.6 is 0 Å². The molecule has 0 radical (unpaired) electrons. The van der Waals surface area contributed by atoms with Crippen LogP contribution in [-0.4, -0.2) is 99.4 Å². The second-order valence-electron chi connectivity index (χ2n) is 17.8. The molecule has 9 rings (SSSR count). The number of halogens is 2. The summed E-state index contributed by atoms with van der Waals surface area (Å²) in [6.45, 7) is 11.2. The zero-order valence-corrected chi connectivity index (χ0v) is 37.3. The molecule has 63 heavy (non-hydrogen) atoms. The molecular formula is C45H51F2N9O6Si. The molecule has 2 fully saturated rings. The first-order chi connectivity index (χ1) is 30.3. The summed E-state index contributed by atoms with van der Waals surface area (Å²) in [4.78, 5) is 31.0. The van der Waals surface area contributed by atoms with Crippen LogP contribution in [0.4, 0.5) is 14.6 Å². The van der Waals surface area contributed by atoms with Gasteiger partial charge in [-0.2, -0.15) is 9.97 Å². The number of rotatable bonds is 16. The van der Waals surface area contributed by atoms with Crippen LogP contribution in [0, 0.1) is 12.7 Å². The van der Waals surface area contributed by atoms with Gasteiger partial charge in [0.2, 0.25) is 0 Å². The first-order valence-corrected chi connectivity index (χ1v) is 24.9. The highest BCUT2D eigenvalue weighted by Gasteiger charge is 2.49. The van der Waals surface area contributed by atoms with Gasteiger partial charge in [-0.1, -0.05) is 30.9 Å². The average Bonchev–Trinajstić information content (AvgIpc) is 4.03. The Bertz CT molecular complexity index is 2900. The summed E-state index contributed by atoms with van der Waals surface area (Å²) in [5.41, 5.74) is 2.00. The Kier molecular flexibility index (Phi) is 11.5. The maximum absolute atomic E-state index is 16.0. The minimum absolute atomic E-state index is 0.0152. The quantitative estimate of drug-likeness (QED) is 0.0569. The van der Waals surface area contributed by atoms with Gasteiger partial charge in [-0.05, 0) is 73.6 Å². The number of pyridine rings is 1. The van der Waals surface area contributed by atoms with Crippen molar-refractivity contribution in [2.45, 2.75) is 76.9 Å². The van der Waals surface area contributed by atoms with Crippen LogP contribution in [0.5, 0.6) is 11.8 Å². The van der Waals surface area contributed by atoms with E-state index in [1.165, 1.54) is 17.9 Å². The molecule has 0 amide bonds. The molecule has 2 atom stereocenters. The van der Waals surface area contributed by atoms with Crippen LogP contribution in [0.2, 0.25) is 25.7 Å². The van der Waals surface area contributed by atoms with Crippen molar-refractivity contribution >= 4 is 46.6 Å². The summed E-state index contributed by atoms with van der Waals surface area (Å²) in [5, 5.41) is 13.7. The van der Waals surface area contributed by atoms with Gasteiger partial charge in [-0.3, -0.25) is 9.58 Å². The lowest BCUT2D eigenvalue weighted by atomic mass is 9.93. The van der Waals surface area contributed by atoms with E-state index in [1.54, 1.807) is 44.6 Å². The van der Waals surface area contributed by atoms with Crippen molar-refractivity contribution in [3.63, 3.8) is 0 Å². The molecule has 2 aliphatic rings. The predicted molar refractivity (Wildman–Crippen MR) is 238 cm³/mol. The van der Waals surface area contributed by atoms with Crippen molar-refractivity contribution in [1.29, 1.82) is 0 Å². The number of ether oxygens (including phenoxy) is 4. The van der Waals surface area contributed by atoms with Gasteiger partial charge in [-0.15, -0.1) is 5.10 Å². The number of alkyl halides is 1. The molecule has 18 heteroatoms. The van der Waals surface area contributed by atoms with E-state index in [0.717, 1.165) is 42.0 Å². The molecule has 1 N–H and O–H groups in total. The van der Waals surface area contributed by atoms with E-state index in [9.17, 15) is 9.18 Å². The van der Waals surface area contributed by atoms with Crippen molar-refractivity contribution in [2.75, 3.05) is 45.5 Å². The lowest BCUT2D eigenvalue weighted by molar-refractivity contribution is 0.0512. The van der Waals surface area contributed by atoms with Crippen molar-refractivity contribution in [2.24, 2.45) is 7.05 Å². The predicted octanol–water partition coefficient (Wildman–Crippen LogP) is 7.86. The van der Waals surface area contributed by atoms with Gasteiger partial charge < -0.3 is 33.2 Å². The van der Waals surface area contributed by atoms with Crippen LogP contribution < -0.4 is 20.4 Å². The fourth-order valence-electron chi connectivity index (χ4n) is 9.00. The van der Waals surface area contributed by atoms with E-state index < -0.39 is 31.2 Å². The lowest BCUT2D eigenvalue weighted by Crippen LogP contribution is -2.43. The molecule has 0 unspecified atom stereocenters. The number of hydrogen-bond acceptors (Lipinski definition) is 13. The Labute approximate surface area is 363 Å². The topological polar surface area (TPSA) is 157 Å². The lowest BCUT2D eigenvalue weighted by Gasteiger charge is -2.30. The third-order valence-electron chi connectivity index (χ3n) is 12.1. The molecule has 7 aromatic rings. The number of aromatic nitrogens is 7. The molecule has 5 aromatic heterocycles. The van der Waals surface area contributed by atoms with Crippen molar-refractivity contribution in [3.8, 4) is 34.3 Å². The number of fused-ring (bicyclic) bond motifs is 4. The number of nitrogens with zero attached hydrogens (tertiary/aromatic N) is 8. The highest BCUT2D eigenvalue weighted by atomic mass is 28.3. The van der Waals surface area contributed by atoms with E-state index >= 15 is 4.39 Å².